The summed E-state index contributed by atoms with van der Waals surface area (Å²) in [6, 6.07) is 7.96. The molecule has 2 N–H and O–H groups in total. The van der Waals surface area contributed by atoms with Crippen LogP contribution in [0.15, 0.2) is 24.3 Å². The normalized spacial score (nSPS) is 15.1. The third-order valence-corrected chi connectivity index (χ3v) is 4.29. The maximum absolute atomic E-state index is 6.18. The number of anilines is 1. The monoisotopic (exact) mass is 264 g/mol. The summed E-state index contributed by atoms with van der Waals surface area (Å²) < 4.78 is 0. The lowest BCUT2D eigenvalue weighted by Crippen LogP contribution is -1.91. The molecule has 1 saturated carbocycles. The van der Waals surface area contributed by atoms with Crippen molar-refractivity contribution in [2.45, 2.75) is 25.2 Å². The first-order valence-electron chi connectivity index (χ1n) is 5.72. The Balaban J connectivity index is 1.92. The van der Waals surface area contributed by atoms with E-state index in [1.807, 2.05) is 18.2 Å². The third kappa shape index (κ3) is 2.31. The van der Waals surface area contributed by atoms with Gasteiger partial charge in [-0.05, 0) is 24.5 Å². The van der Waals surface area contributed by atoms with Crippen LogP contribution < -0.4 is 5.73 Å². The van der Waals surface area contributed by atoms with E-state index in [1.165, 1.54) is 23.4 Å². The van der Waals surface area contributed by atoms with E-state index < -0.39 is 0 Å². The van der Waals surface area contributed by atoms with Crippen molar-refractivity contribution in [2.24, 2.45) is 0 Å². The van der Waals surface area contributed by atoms with Crippen LogP contribution in [0, 0.1) is 0 Å². The summed E-state index contributed by atoms with van der Waals surface area (Å²) in [5.74, 6) is 0.640. The van der Waals surface area contributed by atoms with Gasteiger partial charge in [0, 0.05) is 22.2 Å². The van der Waals surface area contributed by atoms with Crippen molar-refractivity contribution in [3.05, 3.63) is 45.4 Å². The van der Waals surface area contributed by atoms with E-state index in [9.17, 15) is 0 Å². The zero-order valence-electron chi connectivity index (χ0n) is 9.32. The maximum Gasteiger partial charge on any atom is 0.180 e. The summed E-state index contributed by atoms with van der Waals surface area (Å²) in [6.07, 6.45) is 3.35. The molecule has 1 aromatic carbocycles. The third-order valence-electron chi connectivity index (χ3n) is 3.02. The molecule has 2 aromatic rings. The van der Waals surface area contributed by atoms with Gasteiger partial charge >= 0.3 is 0 Å². The van der Waals surface area contributed by atoms with Gasteiger partial charge in [-0.1, -0.05) is 29.8 Å². The minimum atomic E-state index is 0.640. The molecule has 0 radical (unpaired) electrons. The Hall–Kier alpha value is -1.06. The van der Waals surface area contributed by atoms with Crippen LogP contribution >= 0.6 is 22.9 Å². The van der Waals surface area contributed by atoms with Crippen LogP contribution in [0.1, 0.15) is 34.9 Å². The second-order valence-electron chi connectivity index (χ2n) is 4.40. The van der Waals surface area contributed by atoms with Gasteiger partial charge in [0.15, 0.2) is 5.13 Å². The molecule has 0 atom stereocenters. The number of halogens is 1. The summed E-state index contributed by atoms with van der Waals surface area (Å²) in [6.45, 7) is 0. The van der Waals surface area contributed by atoms with Crippen LogP contribution in [-0.2, 0) is 6.42 Å². The lowest BCUT2D eigenvalue weighted by Gasteiger charge is -2.03. The fraction of sp³-hybridized carbons (Fsp3) is 0.308. The zero-order valence-corrected chi connectivity index (χ0v) is 10.9. The number of nitrogens with two attached hydrogens (primary N) is 1. The van der Waals surface area contributed by atoms with E-state index in [0.717, 1.165) is 17.0 Å². The van der Waals surface area contributed by atoms with Crippen LogP contribution in [0.5, 0.6) is 0 Å². The quantitative estimate of drug-likeness (QED) is 0.915. The number of benzene rings is 1. The second kappa shape index (κ2) is 4.31. The second-order valence-corrected chi connectivity index (χ2v) is 5.93. The standard InChI is InChI=1S/C13H13ClN2S/c14-10-4-2-1-3-9(10)7-11-12(8-5-6-8)16-13(15)17-11/h1-4,8H,5-7H2,(H2,15,16). The molecule has 0 aliphatic heterocycles. The Morgan fingerprint density at radius 1 is 1.35 bits per heavy atom. The van der Waals surface area contributed by atoms with Crippen LogP contribution in [0.25, 0.3) is 0 Å². The van der Waals surface area contributed by atoms with Gasteiger partial charge in [-0.25, -0.2) is 4.98 Å². The first-order chi connectivity index (χ1) is 8.24. The lowest BCUT2D eigenvalue weighted by molar-refractivity contribution is 1.01. The molecule has 0 unspecified atom stereocenters. The number of nitrogen functional groups attached to an aromatic ring is 1. The molecular formula is C13H13ClN2S. The summed E-state index contributed by atoms with van der Waals surface area (Å²) in [5.41, 5.74) is 8.16. The van der Waals surface area contributed by atoms with E-state index in [2.05, 4.69) is 11.1 Å². The summed E-state index contributed by atoms with van der Waals surface area (Å²) in [5, 5.41) is 1.50. The Kier molecular flexibility index (Phi) is 2.81. The minimum Gasteiger partial charge on any atom is -0.375 e. The highest BCUT2D eigenvalue weighted by Gasteiger charge is 2.29. The maximum atomic E-state index is 6.18. The highest BCUT2D eigenvalue weighted by Crippen LogP contribution is 2.43. The zero-order chi connectivity index (χ0) is 11.8. The minimum absolute atomic E-state index is 0.640. The predicted molar refractivity (Wildman–Crippen MR) is 72.8 cm³/mol. The Morgan fingerprint density at radius 3 is 2.82 bits per heavy atom. The molecular weight excluding hydrogens is 252 g/mol. The molecule has 3 rings (SSSR count). The average Bonchev–Trinajstić information content (AvgIpc) is 3.07. The summed E-state index contributed by atoms with van der Waals surface area (Å²) >= 11 is 7.78. The summed E-state index contributed by atoms with van der Waals surface area (Å²) in [7, 11) is 0. The number of thiazole rings is 1. The first kappa shape index (κ1) is 11.1. The number of rotatable bonds is 3. The molecule has 4 heteroatoms. The van der Waals surface area contributed by atoms with E-state index in [0.29, 0.717) is 11.0 Å². The van der Waals surface area contributed by atoms with Crippen molar-refractivity contribution in [1.29, 1.82) is 0 Å². The molecule has 0 bridgehead atoms. The van der Waals surface area contributed by atoms with E-state index >= 15 is 0 Å². The van der Waals surface area contributed by atoms with Crippen molar-refractivity contribution in [3.63, 3.8) is 0 Å². The number of hydrogen-bond acceptors (Lipinski definition) is 3. The first-order valence-corrected chi connectivity index (χ1v) is 6.92. The van der Waals surface area contributed by atoms with Gasteiger partial charge in [-0.15, -0.1) is 11.3 Å². The molecule has 1 heterocycles. The molecule has 17 heavy (non-hydrogen) atoms. The van der Waals surface area contributed by atoms with Gasteiger partial charge in [0.1, 0.15) is 0 Å². The fourth-order valence-electron chi connectivity index (χ4n) is 2.00. The van der Waals surface area contributed by atoms with Crippen LogP contribution in [0.4, 0.5) is 5.13 Å². The lowest BCUT2D eigenvalue weighted by atomic mass is 10.1. The van der Waals surface area contributed by atoms with Crippen molar-refractivity contribution in [3.8, 4) is 0 Å². The van der Waals surface area contributed by atoms with Crippen LogP contribution in [0.2, 0.25) is 5.02 Å². The van der Waals surface area contributed by atoms with Gasteiger partial charge in [-0.3, -0.25) is 0 Å². The van der Waals surface area contributed by atoms with Crippen molar-refractivity contribution >= 4 is 28.1 Å². The topological polar surface area (TPSA) is 38.9 Å². The number of nitrogens with zero attached hydrogens (tertiary/aromatic N) is 1. The molecule has 88 valence electrons. The van der Waals surface area contributed by atoms with Crippen molar-refractivity contribution < 1.29 is 0 Å². The molecule has 1 aliphatic carbocycles. The van der Waals surface area contributed by atoms with Gasteiger partial charge in [-0.2, -0.15) is 0 Å². The Labute approximate surface area is 109 Å². The van der Waals surface area contributed by atoms with Crippen molar-refractivity contribution in [2.75, 3.05) is 5.73 Å². The number of hydrogen-bond donors (Lipinski definition) is 1. The Bertz CT molecular complexity index is 546. The SMILES string of the molecule is Nc1nc(C2CC2)c(Cc2ccccc2Cl)s1. The molecule has 1 aromatic heterocycles. The highest BCUT2D eigenvalue weighted by atomic mass is 35.5. The van der Waals surface area contributed by atoms with Gasteiger partial charge in [0.2, 0.25) is 0 Å². The fourth-order valence-corrected chi connectivity index (χ4v) is 3.14. The highest BCUT2D eigenvalue weighted by molar-refractivity contribution is 7.15. The van der Waals surface area contributed by atoms with Crippen LogP contribution in [-0.4, -0.2) is 4.98 Å². The summed E-state index contributed by atoms with van der Waals surface area (Å²) in [4.78, 5) is 5.73. The van der Waals surface area contributed by atoms with Crippen molar-refractivity contribution in [1.82, 2.24) is 4.98 Å². The Morgan fingerprint density at radius 2 is 2.12 bits per heavy atom. The van der Waals surface area contributed by atoms with Gasteiger partial charge in [0.25, 0.3) is 0 Å². The van der Waals surface area contributed by atoms with E-state index in [-0.39, 0.29) is 0 Å². The molecule has 1 aliphatic rings. The van der Waals surface area contributed by atoms with Crippen LogP contribution in [0.3, 0.4) is 0 Å². The smallest absolute Gasteiger partial charge is 0.180 e. The molecule has 0 spiro atoms. The number of aromatic nitrogens is 1. The molecule has 2 nitrogen and oxygen atoms in total. The molecule has 1 fully saturated rings. The average molecular weight is 265 g/mol. The largest absolute Gasteiger partial charge is 0.375 e. The molecule has 0 amide bonds. The molecule has 0 saturated heterocycles. The van der Waals surface area contributed by atoms with Gasteiger partial charge in [0.05, 0.1) is 5.69 Å². The predicted octanol–water partition coefficient (Wildman–Crippen LogP) is 3.85. The van der Waals surface area contributed by atoms with E-state index in [4.69, 9.17) is 17.3 Å². The van der Waals surface area contributed by atoms with E-state index in [1.54, 1.807) is 11.3 Å². The van der Waals surface area contributed by atoms with Gasteiger partial charge < -0.3 is 5.73 Å².